The van der Waals surface area contributed by atoms with Crippen LogP contribution in [0.3, 0.4) is 0 Å². The molecule has 1 fully saturated rings. The quantitative estimate of drug-likeness (QED) is 0.502. The van der Waals surface area contributed by atoms with E-state index in [9.17, 15) is 4.79 Å². The Balaban J connectivity index is 1.49. The monoisotopic (exact) mass is 428 g/mol. The van der Waals surface area contributed by atoms with Crippen LogP contribution in [-0.2, 0) is 4.74 Å². The number of benzene rings is 1. The second kappa shape index (κ2) is 8.52. The smallest absolute Gasteiger partial charge is 0.255 e. The number of nitrogens with two attached hydrogens (primary N) is 1. The lowest BCUT2D eigenvalue weighted by Crippen LogP contribution is -2.37. The summed E-state index contributed by atoms with van der Waals surface area (Å²) in [6.45, 7) is 2.59. The van der Waals surface area contributed by atoms with E-state index in [1.165, 1.54) is 0 Å². The summed E-state index contributed by atoms with van der Waals surface area (Å²) in [6.07, 6.45) is 4.80. The van der Waals surface area contributed by atoms with Crippen molar-refractivity contribution in [3.63, 3.8) is 0 Å². The molecule has 0 atom stereocenters. The number of pyridine rings is 1. The van der Waals surface area contributed by atoms with Crippen LogP contribution in [0, 0.1) is 0 Å². The first-order valence-corrected chi connectivity index (χ1v) is 10.1. The highest BCUT2D eigenvalue weighted by Crippen LogP contribution is 2.27. The lowest BCUT2D eigenvalue weighted by Gasteiger charge is -2.28. The molecule has 0 radical (unpaired) electrons. The molecule has 0 bridgehead atoms. The lowest BCUT2D eigenvalue weighted by atomic mass is 10.1. The molecule has 3 aromatic heterocycles. The fraction of sp³-hybridized carbons (Fsp3) is 0.182. The van der Waals surface area contributed by atoms with Crippen molar-refractivity contribution >= 4 is 34.5 Å². The summed E-state index contributed by atoms with van der Waals surface area (Å²) in [5, 5.41) is 2.90. The van der Waals surface area contributed by atoms with Crippen molar-refractivity contribution in [2.45, 2.75) is 0 Å². The van der Waals surface area contributed by atoms with Crippen molar-refractivity contribution in [3.8, 4) is 11.3 Å². The number of anilines is 3. The molecule has 10 nitrogen and oxygen atoms in total. The summed E-state index contributed by atoms with van der Waals surface area (Å²) in [5.74, 6) is 0.585. The van der Waals surface area contributed by atoms with E-state index in [-0.39, 0.29) is 11.9 Å². The molecule has 3 N–H and O–H groups in total. The van der Waals surface area contributed by atoms with Crippen molar-refractivity contribution in [3.05, 3.63) is 60.6 Å². The molecule has 160 valence electrons. The number of ether oxygens (including phenoxy) is 1. The molecule has 5 rings (SSSR count). The number of fused-ring (bicyclic) bond motifs is 1. The first kappa shape index (κ1) is 19.8. The Kier molecular flexibility index (Phi) is 5.26. The Labute approximate surface area is 183 Å². The number of hydrogen-bond acceptors (Lipinski definition) is 9. The third-order valence-electron chi connectivity index (χ3n) is 5.08. The third-order valence-corrected chi connectivity index (χ3v) is 5.08. The minimum Gasteiger partial charge on any atom is -0.378 e. The number of rotatable bonds is 4. The number of nitrogen functional groups attached to an aromatic ring is 1. The molecule has 0 spiro atoms. The molecular formula is C22H20N8O2. The van der Waals surface area contributed by atoms with Gasteiger partial charge in [-0.3, -0.25) is 9.78 Å². The van der Waals surface area contributed by atoms with E-state index in [4.69, 9.17) is 15.5 Å². The minimum absolute atomic E-state index is 0.155. The summed E-state index contributed by atoms with van der Waals surface area (Å²) >= 11 is 0. The fourth-order valence-corrected chi connectivity index (χ4v) is 3.51. The predicted octanol–water partition coefficient (Wildman–Crippen LogP) is 2.15. The van der Waals surface area contributed by atoms with Gasteiger partial charge < -0.3 is 20.7 Å². The number of hydrogen-bond donors (Lipinski definition) is 2. The Morgan fingerprint density at radius 3 is 2.69 bits per heavy atom. The van der Waals surface area contributed by atoms with Crippen molar-refractivity contribution in [1.82, 2.24) is 24.9 Å². The number of amides is 1. The van der Waals surface area contributed by atoms with Gasteiger partial charge in [0, 0.05) is 42.3 Å². The number of carbonyl (C=O) groups excluding carboxylic acids is 1. The van der Waals surface area contributed by atoms with Gasteiger partial charge in [0.2, 0.25) is 5.95 Å². The highest BCUT2D eigenvalue weighted by molar-refractivity contribution is 6.04. The Bertz CT molecular complexity index is 1280. The van der Waals surface area contributed by atoms with Crippen LogP contribution in [0.25, 0.3) is 22.4 Å². The van der Waals surface area contributed by atoms with Crippen LogP contribution >= 0.6 is 0 Å². The fourth-order valence-electron chi connectivity index (χ4n) is 3.51. The van der Waals surface area contributed by atoms with E-state index in [1.807, 2.05) is 24.3 Å². The first-order valence-electron chi connectivity index (χ1n) is 10.1. The van der Waals surface area contributed by atoms with E-state index in [2.05, 4.69) is 30.2 Å². The summed E-state index contributed by atoms with van der Waals surface area (Å²) in [6, 6.07) is 10.7. The van der Waals surface area contributed by atoms with Gasteiger partial charge in [0.05, 0.1) is 25.1 Å². The largest absolute Gasteiger partial charge is 0.378 e. The maximum absolute atomic E-state index is 12.5. The van der Waals surface area contributed by atoms with E-state index < -0.39 is 0 Å². The number of nitrogens with zero attached hydrogens (tertiary/aromatic N) is 6. The van der Waals surface area contributed by atoms with Crippen LogP contribution < -0.4 is 16.0 Å². The molecule has 4 heterocycles. The number of morpholine rings is 1. The molecule has 0 aliphatic carbocycles. The number of aromatic nitrogens is 5. The second-order valence-corrected chi connectivity index (χ2v) is 7.20. The van der Waals surface area contributed by atoms with E-state index >= 15 is 0 Å². The van der Waals surface area contributed by atoms with E-state index in [0.29, 0.717) is 60.2 Å². The average molecular weight is 428 g/mol. The van der Waals surface area contributed by atoms with Crippen LogP contribution in [0.15, 0.2) is 55.0 Å². The van der Waals surface area contributed by atoms with Crippen molar-refractivity contribution in [1.29, 1.82) is 0 Å². The van der Waals surface area contributed by atoms with Gasteiger partial charge in [0.15, 0.2) is 17.0 Å². The average Bonchev–Trinajstić information content (AvgIpc) is 2.84. The van der Waals surface area contributed by atoms with E-state index in [0.717, 1.165) is 5.56 Å². The topological polar surface area (TPSA) is 132 Å². The van der Waals surface area contributed by atoms with Crippen LogP contribution in [-0.4, -0.2) is 57.1 Å². The molecule has 32 heavy (non-hydrogen) atoms. The molecule has 10 heteroatoms. The van der Waals surface area contributed by atoms with E-state index in [1.54, 1.807) is 30.7 Å². The van der Waals surface area contributed by atoms with Gasteiger partial charge in [-0.1, -0.05) is 12.1 Å². The van der Waals surface area contributed by atoms with Crippen LogP contribution in [0.4, 0.5) is 17.5 Å². The first-order chi connectivity index (χ1) is 15.7. The SMILES string of the molecule is Nc1nc(N2CCOCC2)c2nc(-c3cccc(NC(=O)c4ccncc4)c3)cnc2n1. The Morgan fingerprint density at radius 1 is 1.06 bits per heavy atom. The van der Waals surface area contributed by atoms with Gasteiger partial charge in [-0.25, -0.2) is 9.97 Å². The summed E-state index contributed by atoms with van der Waals surface area (Å²) in [5.41, 5.74) is 9.53. The summed E-state index contributed by atoms with van der Waals surface area (Å²) < 4.78 is 5.44. The van der Waals surface area contributed by atoms with Gasteiger partial charge in [-0.15, -0.1) is 0 Å². The van der Waals surface area contributed by atoms with Crippen molar-refractivity contribution in [2.24, 2.45) is 0 Å². The summed E-state index contributed by atoms with van der Waals surface area (Å²) in [7, 11) is 0. The van der Waals surface area contributed by atoms with Crippen LogP contribution in [0.2, 0.25) is 0 Å². The molecule has 1 aliphatic rings. The predicted molar refractivity (Wildman–Crippen MR) is 120 cm³/mol. The van der Waals surface area contributed by atoms with Gasteiger partial charge in [0.1, 0.15) is 0 Å². The zero-order valence-corrected chi connectivity index (χ0v) is 17.1. The minimum atomic E-state index is -0.215. The molecule has 1 aliphatic heterocycles. The number of carbonyl (C=O) groups is 1. The zero-order chi connectivity index (χ0) is 21.9. The zero-order valence-electron chi connectivity index (χ0n) is 17.1. The molecule has 4 aromatic rings. The molecular weight excluding hydrogens is 408 g/mol. The van der Waals surface area contributed by atoms with Gasteiger partial charge in [-0.05, 0) is 24.3 Å². The van der Waals surface area contributed by atoms with Crippen LogP contribution in [0.1, 0.15) is 10.4 Å². The highest BCUT2D eigenvalue weighted by Gasteiger charge is 2.19. The molecule has 0 unspecified atom stereocenters. The maximum atomic E-state index is 12.5. The second-order valence-electron chi connectivity index (χ2n) is 7.20. The van der Waals surface area contributed by atoms with Crippen molar-refractivity contribution in [2.75, 3.05) is 42.3 Å². The van der Waals surface area contributed by atoms with Gasteiger partial charge >= 0.3 is 0 Å². The highest BCUT2D eigenvalue weighted by atomic mass is 16.5. The molecule has 1 aromatic carbocycles. The molecule has 0 saturated carbocycles. The van der Waals surface area contributed by atoms with Gasteiger partial charge in [-0.2, -0.15) is 9.97 Å². The lowest BCUT2D eigenvalue weighted by molar-refractivity contribution is 0.102. The number of nitrogens with one attached hydrogen (secondary N) is 1. The maximum Gasteiger partial charge on any atom is 0.255 e. The Hall–Kier alpha value is -4.18. The molecule has 1 saturated heterocycles. The van der Waals surface area contributed by atoms with Crippen molar-refractivity contribution < 1.29 is 9.53 Å². The standard InChI is InChI=1S/C22H20N8O2/c23-22-28-19-18(20(29-22)30-8-10-32-11-9-30)27-17(13-25-19)15-2-1-3-16(12-15)26-21(31)14-4-6-24-7-5-14/h1-7,12-13H,8-11H2,(H,26,31)(H2,23,25,28,29). The Morgan fingerprint density at radius 2 is 1.88 bits per heavy atom. The molecule has 1 amide bonds. The third kappa shape index (κ3) is 4.03. The summed E-state index contributed by atoms with van der Waals surface area (Å²) in [4.78, 5) is 36.4. The normalized spacial score (nSPS) is 13.8. The van der Waals surface area contributed by atoms with Gasteiger partial charge in [0.25, 0.3) is 5.91 Å². The van der Waals surface area contributed by atoms with Crippen LogP contribution in [0.5, 0.6) is 0 Å².